The van der Waals surface area contributed by atoms with Gasteiger partial charge in [0.05, 0.1) is 0 Å². The average molecular weight is 218 g/mol. The lowest BCUT2D eigenvalue weighted by atomic mass is 10.2. The number of alkyl halides is 1. The first kappa shape index (κ1) is 8.53. The molecule has 1 aromatic rings. The fourth-order valence-corrected chi connectivity index (χ4v) is 1.50. The number of hydrogen-bond donors (Lipinski definition) is 1. The molecule has 0 heterocycles. The van der Waals surface area contributed by atoms with E-state index in [1.165, 1.54) is 6.07 Å². The third-order valence-electron chi connectivity index (χ3n) is 1.52. The van der Waals surface area contributed by atoms with Crippen molar-refractivity contribution in [2.75, 3.05) is 12.4 Å². The lowest BCUT2D eigenvalue weighted by Crippen LogP contribution is -1.95. The van der Waals surface area contributed by atoms with Gasteiger partial charge in [-0.05, 0) is 12.1 Å². The minimum Gasteiger partial charge on any atom is -0.388 e. The fraction of sp³-hybridized carbons (Fsp3) is 0.250. The van der Waals surface area contributed by atoms with Crippen LogP contribution in [-0.2, 0) is 5.33 Å². The molecule has 0 saturated heterocycles. The molecule has 0 unspecified atom stereocenters. The first-order chi connectivity index (χ1) is 5.29. The molecule has 0 aliphatic carbocycles. The SMILES string of the molecule is CNc1cccc(F)c1CBr. The van der Waals surface area contributed by atoms with E-state index in [1.54, 1.807) is 13.1 Å². The van der Waals surface area contributed by atoms with Gasteiger partial charge < -0.3 is 5.32 Å². The van der Waals surface area contributed by atoms with Crippen LogP contribution in [0.5, 0.6) is 0 Å². The summed E-state index contributed by atoms with van der Waals surface area (Å²) in [6.45, 7) is 0. The molecule has 3 heteroatoms. The lowest BCUT2D eigenvalue weighted by Gasteiger charge is -2.06. The average Bonchev–Trinajstić information content (AvgIpc) is 2.04. The zero-order valence-corrected chi connectivity index (χ0v) is 7.78. The van der Waals surface area contributed by atoms with Crippen LogP contribution in [0.15, 0.2) is 18.2 Å². The number of anilines is 1. The first-order valence-electron chi connectivity index (χ1n) is 3.30. The zero-order chi connectivity index (χ0) is 8.27. The number of benzene rings is 1. The molecule has 0 radical (unpaired) electrons. The number of halogens is 2. The monoisotopic (exact) mass is 217 g/mol. The Labute approximate surface area is 73.7 Å². The van der Waals surface area contributed by atoms with Crippen LogP contribution in [0.1, 0.15) is 5.56 Å². The van der Waals surface area contributed by atoms with Crippen molar-refractivity contribution in [1.29, 1.82) is 0 Å². The van der Waals surface area contributed by atoms with Gasteiger partial charge in [0.1, 0.15) is 5.82 Å². The molecule has 0 aromatic heterocycles. The summed E-state index contributed by atoms with van der Waals surface area (Å²) >= 11 is 3.22. The molecule has 1 rings (SSSR count). The van der Waals surface area contributed by atoms with E-state index in [1.807, 2.05) is 6.07 Å². The summed E-state index contributed by atoms with van der Waals surface area (Å²) in [6, 6.07) is 4.99. The van der Waals surface area contributed by atoms with Gasteiger partial charge in [0.15, 0.2) is 0 Å². The predicted octanol–water partition coefficient (Wildman–Crippen LogP) is 2.76. The number of hydrogen-bond acceptors (Lipinski definition) is 1. The van der Waals surface area contributed by atoms with Crippen molar-refractivity contribution >= 4 is 21.6 Å². The molecule has 0 atom stereocenters. The Morgan fingerprint density at radius 3 is 2.73 bits per heavy atom. The summed E-state index contributed by atoms with van der Waals surface area (Å²) in [5, 5.41) is 3.45. The maximum Gasteiger partial charge on any atom is 0.129 e. The summed E-state index contributed by atoms with van der Waals surface area (Å²) in [7, 11) is 1.78. The molecule has 0 saturated carbocycles. The Morgan fingerprint density at radius 1 is 1.55 bits per heavy atom. The van der Waals surface area contributed by atoms with Crippen LogP contribution in [0.2, 0.25) is 0 Å². The highest BCUT2D eigenvalue weighted by Crippen LogP contribution is 2.20. The minimum atomic E-state index is -0.172. The largest absolute Gasteiger partial charge is 0.388 e. The van der Waals surface area contributed by atoms with E-state index in [-0.39, 0.29) is 5.82 Å². The van der Waals surface area contributed by atoms with E-state index in [4.69, 9.17) is 0 Å². The Bertz CT molecular complexity index is 250. The smallest absolute Gasteiger partial charge is 0.129 e. The minimum absolute atomic E-state index is 0.172. The molecular formula is C8H9BrFN. The molecule has 0 spiro atoms. The van der Waals surface area contributed by atoms with Crippen LogP contribution in [0, 0.1) is 5.82 Å². The van der Waals surface area contributed by atoms with Crippen molar-refractivity contribution in [2.24, 2.45) is 0 Å². The van der Waals surface area contributed by atoms with Crippen LogP contribution in [0.4, 0.5) is 10.1 Å². The molecule has 0 bridgehead atoms. The van der Waals surface area contributed by atoms with Crippen LogP contribution in [-0.4, -0.2) is 7.05 Å². The highest BCUT2D eigenvalue weighted by Gasteiger charge is 2.03. The number of nitrogens with one attached hydrogen (secondary N) is 1. The van der Waals surface area contributed by atoms with Gasteiger partial charge in [0.2, 0.25) is 0 Å². The molecule has 1 nitrogen and oxygen atoms in total. The normalized spacial score (nSPS) is 9.73. The molecule has 11 heavy (non-hydrogen) atoms. The van der Waals surface area contributed by atoms with Crippen molar-refractivity contribution in [3.63, 3.8) is 0 Å². The summed E-state index contributed by atoms with van der Waals surface area (Å²) in [5.74, 6) is -0.172. The topological polar surface area (TPSA) is 12.0 Å². The third-order valence-corrected chi connectivity index (χ3v) is 2.08. The van der Waals surface area contributed by atoms with Gasteiger partial charge in [-0.25, -0.2) is 4.39 Å². The molecule has 1 aromatic carbocycles. The van der Waals surface area contributed by atoms with E-state index < -0.39 is 0 Å². The van der Waals surface area contributed by atoms with Gasteiger partial charge in [-0.3, -0.25) is 0 Å². The Morgan fingerprint density at radius 2 is 2.27 bits per heavy atom. The maximum atomic E-state index is 13.0. The Balaban J connectivity index is 3.13. The van der Waals surface area contributed by atoms with E-state index in [2.05, 4.69) is 21.2 Å². The van der Waals surface area contributed by atoms with Gasteiger partial charge in [-0.2, -0.15) is 0 Å². The molecule has 0 amide bonds. The van der Waals surface area contributed by atoms with Crippen molar-refractivity contribution in [2.45, 2.75) is 5.33 Å². The van der Waals surface area contributed by atoms with Crippen molar-refractivity contribution in [3.8, 4) is 0 Å². The summed E-state index contributed by atoms with van der Waals surface area (Å²) in [6.07, 6.45) is 0. The molecule has 0 fully saturated rings. The molecule has 1 N–H and O–H groups in total. The van der Waals surface area contributed by atoms with E-state index in [0.717, 1.165) is 5.69 Å². The Kier molecular flexibility index (Phi) is 2.88. The summed E-state index contributed by atoms with van der Waals surface area (Å²) in [5.41, 5.74) is 1.51. The Hall–Kier alpha value is -0.570. The van der Waals surface area contributed by atoms with E-state index in [9.17, 15) is 4.39 Å². The molecule has 60 valence electrons. The summed E-state index contributed by atoms with van der Waals surface area (Å²) in [4.78, 5) is 0. The highest BCUT2D eigenvalue weighted by atomic mass is 79.9. The van der Waals surface area contributed by atoms with Gasteiger partial charge in [0, 0.05) is 23.6 Å². The molecular weight excluding hydrogens is 209 g/mol. The van der Waals surface area contributed by atoms with Crippen molar-refractivity contribution in [3.05, 3.63) is 29.6 Å². The summed E-state index contributed by atoms with van der Waals surface area (Å²) < 4.78 is 13.0. The van der Waals surface area contributed by atoms with Crippen LogP contribution < -0.4 is 5.32 Å². The van der Waals surface area contributed by atoms with Gasteiger partial charge >= 0.3 is 0 Å². The molecule has 0 aliphatic heterocycles. The van der Waals surface area contributed by atoms with Gasteiger partial charge in [-0.1, -0.05) is 22.0 Å². The second-order valence-corrected chi connectivity index (χ2v) is 2.71. The number of rotatable bonds is 2. The predicted molar refractivity (Wildman–Crippen MR) is 48.6 cm³/mol. The maximum absolute atomic E-state index is 13.0. The van der Waals surface area contributed by atoms with Crippen molar-refractivity contribution < 1.29 is 4.39 Å². The van der Waals surface area contributed by atoms with Crippen LogP contribution >= 0.6 is 15.9 Å². The van der Waals surface area contributed by atoms with Crippen LogP contribution in [0.3, 0.4) is 0 Å². The second-order valence-electron chi connectivity index (χ2n) is 2.15. The van der Waals surface area contributed by atoms with Gasteiger partial charge in [0.25, 0.3) is 0 Å². The molecule has 0 aliphatic rings. The second kappa shape index (κ2) is 3.72. The third kappa shape index (κ3) is 1.71. The fourth-order valence-electron chi connectivity index (χ4n) is 0.929. The van der Waals surface area contributed by atoms with E-state index >= 15 is 0 Å². The van der Waals surface area contributed by atoms with E-state index in [0.29, 0.717) is 10.9 Å². The highest BCUT2D eigenvalue weighted by molar-refractivity contribution is 9.08. The first-order valence-corrected chi connectivity index (χ1v) is 4.43. The zero-order valence-electron chi connectivity index (χ0n) is 6.20. The van der Waals surface area contributed by atoms with Crippen LogP contribution in [0.25, 0.3) is 0 Å². The van der Waals surface area contributed by atoms with Crippen molar-refractivity contribution in [1.82, 2.24) is 0 Å². The van der Waals surface area contributed by atoms with Gasteiger partial charge in [-0.15, -0.1) is 0 Å². The quantitative estimate of drug-likeness (QED) is 0.752. The standard InChI is InChI=1S/C8H9BrFN/c1-11-8-4-2-3-7(10)6(8)5-9/h2-4,11H,5H2,1H3. The lowest BCUT2D eigenvalue weighted by molar-refractivity contribution is 0.618.